The van der Waals surface area contributed by atoms with Crippen molar-refractivity contribution in [3.63, 3.8) is 0 Å². The largest absolute Gasteiger partial charge is 0.497 e. The van der Waals surface area contributed by atoms with Crippen molar-refractivity contribution in [3.8, 4) is 5.75 Å². The van der Waals surface area contributed by atoms with Gasteiger partial charge in [-0.2, -0.15) is 0 Å². The van der Waals surface area contributed by atoms with E-state index in [1.54, 1.807) is 7.11 Å². The summed E-state index contributed by atoms with van der Waals surface area (Å²) < 4.78 is 5.32. The number of rotatable bonds is 2. The Balaban J connectivity index is 1.76. The molecule has 0 heterocycles. The Morgan fingerprint density at radius 3 is 2.80 bits per heavy atom. The second kappa shape index (κ2) is 4.39. The van der Waals surface area contributed by atoms with Crippen LogP contribution in [0, 0.1) is 5.92 Å². The molecule has 0 aromatic heterocycles. The van der Waals surface area contributed by atoms with E-state index in [1.165, 1.54) is 22.3 Å². The van der Waals surface area contributed by atoms with E-state index in [0.29, 0.717) is 11.8 Å². The van der Waals surface area contributed by atoms with E-state index in [0.717, 1.165) is 17.2 Å². The molecule has 4 rings (SSSR count). The van der Waals surface area contributed by atoms with Crippen LogP contribution in [0.15, 0.2) is 53.6 Å². The first-order valence-electron chi connectivity index (χ1n) is 6.91. The number of fused-ring (bicyclic) bond motifs is 3. The van der Waals surface area contributed by atoms with Crippen molar-refractivity contribution in [2.45, 2.75) is 12.3 Å². The second-order valence-corrected chi connectivity index (χ2v) is 5.89. The highest BCUT2D eigenvalue weighted by Crippen LogP contribution is 2.59. The van der Waals surface area contributed by atoms with Gasteiger partial charge in [0.2, 0.25) is 0 Å². The molecule has 0 bridgehead atoms. The fourth-order valence-corrected chi connectivity index (χ4v) is 4.09. The zero-order valence-electron chi connectivity index (χ0n) is 11.3. The number of hydrogen-bond acceptors (Lipinski definition) is 1. The molecule has 0 spiro atoms. The fourth-order valence-electron chi connectivity index (χ4n) is 3.57. The molecule has 1 nitrogen and oxygen atoms in total. The summed E-state index contributed by atoms with van der Waals surface area (Å²) >= 11 is 6.61. The summed E-state index contributed by atoms with van der Waals surface area (Å²) in [5.41, 5.74) is 5.35. The van der Waals surface area contributed by atoms with Crippen molar-refractivity contribution < 1.29 is 4.74 Å². The summed E-state index contributed by atoms with van der Waals surface area (Å²) in [5.74, 6) is 1.83. The van der Waals surface area contributed by atoms with Crippen LogP contribution in [0.5, 0.6) is 5.75 Å². The molecule has 0 aliphatic heterocycles. The Bertz CT molecular complexity index is 717. The van der Waals surface area contributed by atoms with Gasteiger partial charge in [0.05, 0.1) is 7.11 Å². The van der Waals surface area contributed by atoms with Gasteiger partial charge in [0.15, 0.2) is 0 Å². The van der Waals surface area contributed by atoms with Crippen LogP contribution in [0.1, 0.15) is 22.6 Å². The third kappa shape index (κ3) is 1.56. The summed E-state index contributed by atoms with van der Waals surface area (Å²) in [7, 11) is 1.70. The summed E-state index contributed by atoms with van der Waals surface area (Å²) in [6, 6.07) is 16.9. The van der Waals surface area contributed by atoms with E-state index < -0.39 is 0 Å². The standard InChI is InChI=1S/C18H15ClO/c1-20-13-7-4-6-12(9-13)16-15-10-11-5-2-3-8-14(11)17(15)18(16)19/h2-9,15,17H,10H2,1H3. The van der Waals surface area contributed by atoms with E-state index in [4.69, 9.17) is 16.3 Å². The van der Waals surface area contributed by atoms with Gasteiger partial charge in [-0.15, -0.1) is 0 Å². The normalized spacial score (nSPS) is 23.1. The molecule has 2 unspecified atom stereocenters. The summed E-state index contributed by atoms with van der Waals surface area (Å²) in [6.45, 7) is 0. The predicted octanol–water partition coefficient (Wildman–Crippen LogP) is 4.61. The topological polar surface area (TPSA) is 9.23 Å². The minimum atomic E-state index is 0.411. The van der Waals surface area contributed by atoms with Crippen molar-refractivity contribution in [2.24, 2.45) is 5.92 Å². The van der Waals surface area contributed by atoms with E-state index >= 15 is 0 Å². The highest BCUT2D eigenvalue weighted by molar-refractivity contribution is 6.35. The molecule has 0 fully saturated rings. The Hall–Kier alpha value is -1.73. The number of ether oxygens (including phenoxy) is 1. The summed E-state index contributed by atoms with van der Waals surface area (Å²) in [5, 5.41) is 1.01. The highest BCUT2D eigenvalue weighted by Gasteiger charge is 2.46. The zero-order valence-corrected chi connectivity index (χ0v) is 12.0. The lowest BCUT2D eigenvalue weighted by atomic mass is 9.72. The maximum absolute atomic E-state index is 6.61. The minimum Gasteiger partial charge on any atom is -0.497 e. The Kier molecular flexibility index (Phi) is 2.64. The molecular formula is C18H15ClO. The maximum atomic E-state index is 6.61. The van der Waals surface area contributed by atoms with Crippen molar-refractivity contribution in [2.75, 3.05) is 7.11 Å². The lowest BCUT2D eigenvalue weighted by molar-refractivity contribution is 0.414. The average Bonchev–Trinajstić information content (AvgIpc) is 2.81. The van der Waals surface area contributed by atoms with Gasteiger partial charge in [-0.05, 0) is 40.8 Å². The molecule has 2 aliphatic rings. The van der Waals surface area contributed by atoms with Crippen LogP contribution in [-0.4, -0.2) is 7.11 Å². The van der Waals surface area contributed by atoms with Gasteiger partial charge in [0.1, 0.15) is 5.75 Å². The molecule has 0 amide bonds. The van der Waals surface area contributed by atoms with Gasteiger partial charge in [0.25, 0.3) is 0 Å². The smallest absolute Gasteiger partial charge is 0.119 e. The summed E-state index contributed by atoms with van der Waals surface area (Å²) in [6.07, 6.45) is 1.10. The van der Waals surface area contributed by atoms with Crippen LogP contribution in [0.4, 0.5) is 0 Å². The number of methoxy groups -OCH3 is 1. The quantitative estimate of drug-likeness (QED) is 0.781. The molecule has 0 saturated carbocycles. The van der Waals surface area contributed by atoms with Crippen LogP contribution in [0.2, 0.25) is 0 Å². The molecule has 2 aliphatic carbocycles. The van der Waals surface area contributed by atoms with Crippen LogP contribution in [0.25, 0.3) is 5.57 Å². The first-order valence-corrected chi connectivity index (χ1v) is 7.29. The Labute approximate surface area is 123 Å². The van der Waals surface area contributed by atoms with Crippen LogP contribution < -0.4 is 4.74 Å². The molecule has 20 heavy (non-hydrogen) atoms. The Morgan fingerprint density at radius 2 is 1.95 bits per heavy atom. The average molecular weight is 283 g/mol. The van der Waals surface area contributed by atoms with Crippen molar-refractivity contribution in [1.82, 2.24) is 0 Å². The van der Waals surface area contributed by atoms with Gasteiger partial charge < -0.3 is 4.74 Å². The van der Waals surface area contributed by atoms with E-state index in [1.807, 2.05) is 12.1 Å². The van der Waals surface area contributed by atoms with Gasteiger partial charge in [0, 0.05) is 16.9 Å². The van der Waals surface area contributed by atoms with Crippen LogP contribution >= 0.6 is 11.6 Å². The fraction of sp³-hybridized carbons (Fsp3) is 0.222. The van der Waals surface area contributed by atoms with E-state index in [9.17, 15) is 0 Å². The molecule has 2 aromatic carbocycles. The monoisotopic (exact) mass is 282 g/mol. The molecule has 2 aromatic rings. The maximum Gasteiger partial charge on any atom is 0.119 e. The first kappa shape index (κ1) is 12.0. The van der Waals surface area contributed by atoms with Crippen molar-refractivity contribution >= 4 is 17.2 Å². The third-order valence-electron chi connectivity index (χ3n) is 4.51. The highest BCUT2D eigenvalue weighted by atomic mass is 35.5. The molecule has 0 saturated heterocycles. The summed E-state index contributed by atoms with van der Waals surface area (Å²) in [4.78, 5) is 0. The molecule has 0 radical (unpaired) electrons. The Morgan fingerprint density at radius 1 is 1.10 bits per heavy atom. The van der Waals surface area contributed by atoms with Gasteiger partial charge in [-0.25, -0.2) is 0 Å². The first-order chi connectivity index (χ1) is 9.79. The van der Waals surface area contributed by atoms with Gasteiger partial charge >= 0.3 is 0 Å². The lowest BCUT2D eigenvalue weighted by Gasteiger charge is -2.35. The molecule has 2 atom stereocenters. The molecular weight excluding hydrogens is 268 g/mol. The van der Waals surface area contributed by atoms with Gasteiger partial charge in [-0.1, -0.05) is 48.0 Å². The number of allylic oxidation sites excluding steroid dienone is 2. The van der Waals surface area contributed by atoms with Crippen LogP contribution in [0.3, 0.4) is 0 Å². The van der Waals surface area contributed by atoms with Crippen LogP contribution in [-0.2, 0) is 6.42 Å². The predicted molar refractivity (Wildman–Crippen MR) is 82.1 cm³/mol. The van der Waals surface area contributed by atoms with E-state index in [2.05, 4.69) is 36.4 Å². The molecule has 0 N–H and O–H groups in total. The van der Waals surface area contributed by atoms with Gasteiger partial charge in [-0.3, -0.25) is 0 Å². The molecule has 2 heteroatoms. The SMILES string of the molecule is COc1cccc(C2=C(Cl)C3c4ccccc4CC23)c1. The third-order valence-corrected chi connectivity index (χ3v) is 4.95. The van der Waals surface area contributed by atoms with Crippen molar-refractivity contribution in [1.29, 1.82) is 0 Å². The zero-order chi connectivity index (χ0) is 13.7. The number of benzene rings is 2. The lowest BCUT2D eigenvalue weighted by Crippen LogP contribution is -2.22. The minimum absolute atomic E-state index is 0.411. The number of hydrogen-bond donors (Lipinski definition) is 0. The van der Waals surface area contributed by atoms with Crippen molar-refractivity contribution in [3.05, 3.63) is 70.3 Å². The molecule has 100 valence electrons. The number of halogens is 1. The van der Waals surface area contributed by atoms with E-state index in [-0.39, 0.29) is 0 Å². The second-order valence-electron chi connectivity index (χ2n) is 5.48.